The van der Waals surface area contributed by atoms with Crippen LogP contribution >= 0.6 is 11.3 Å². The average Bonchev–Trinajstić information content (AvgIpc) is 3.19. The molecular weight excluding hydrogens is 366 g/mol. The molecule has 0 saturated carbocycles. The fourth-order valence-corrected chi connectivity index (χ4v) is 4.05. The average molecular weight is 385 g/mol. The maximum atomic E-state index is 11.9. The van der Waals surface area contributed by atoms with Crippen LogP contribution in [0.3, 0.4) is 0 Å². The molecule has 0 fully saturated rings. The quantitative estimate of drug-likeness (QED) is 0.439. The Labute approximate surface area is 168 Å². The highest BCUT2D eigenvalue weighted by atomic mass is 32.1. The van der Waals surface area contributed by atoms with E-state index in [1.54, 1.807) is 6.07 Å². The van der Waals surface area contributed by atoms with E-state index >= 15 is 0 Å². The molecule has 28 heavy (non-hydrogen) atoms. The summed E-state index contributed by atoms with van der Waals surface area (Å²) in [6.45, 7) is 4.04. The highest BCUT2D eigenvalue weighted by molar-refractivity contribution is 7.13. The van der Waals surface area contributed by atoms with Gasteiger partial charge < -0.3 is 5.11 Å². The normalized spacial score (nSPS) is 10.8. The van der Waals surface area contributed by atoms with Gasteiger partial charge in [-0.25, -0.2) is 9.78 Å². The van der Waals surface area contributed by atoms with E-state index in [1.807, 2.05) is 48.7 Å². The van der Waals surface area contributed by atoms with Gasteiger partial charge in [-0.15, -0.1) is 11.3 Å². The molecule has 1 aromatic heterocycles. The van der Waals surface area contributed by atoms with Crippen LogP contribution in [0, 0.1) is 13.8 Å². The van der Waals surface area contributed by atoms with E-state index in [-0.39, 0.29) is 0 Å². The lowest BCUT2D eigenvalue weighted by molar-refractivity contribution is 0.0698. The molecule has 0 amide bonds. The number of aryl methyl sites for hydroxylation is 2. The minimum atomic E-state index is -0.935. The summed E-state index contributed by atoms with van der Waals surface area (Å²) in [6, 6.07) is 21.6. The second-order valence-electron chi connectivity index (χ2n) is 6.78. The first-order valence-corrected chi connectivity index (χ1v) is 9.87. The van der Waals surface area contributed by atoms with E-state index in [4.69, 9.17) is 4.98 Å². The number of carboxylic acids is 1. The first-order valence-electron chi connectivity index (χ1n) is 8.99. The smallest absolute Gasteiger partial charge is 0.336 e. The molecule has 4 rings (SSSR count). The van der Waals surface area contributed by atoms with Gasteiger partial charge in [-0.05, 0) is 36.6 Å². The van der Waals surface area contributed by atoms with Gasteiger partial charge >= 0.3 is 5.97 Å². The maximum absolute atomic E-state index is 11.9. The first kappa shape index (κ1) is 18.1. The SMILES string of the molecule is Cc1ccc(-c2csc(-c3ccc(-c4ccccc4C)c(C(=O)O)c3)n2)cc1. The number of rotatable bonds is 4. The molecule has 138 valence electrons. The number of aromatic carboxylic acids is 1. The topological polar surface area (TPSA) is 50.2 Å². The summed E-state index contributed by atoms with van der Waals surface area (Å²) < 4.78 is 0. The minimum absolute atomic E-state index is 0.291. The molecule has 0 radical (unpaired) electrons. The van der Waals surface area contributed by atoms with Crippen LogP contribution in [0.5, 0.6) is 0 Å². The number of carboxylic acid groups (broad SMARTS) is 1. The van der Waals surface area contributed by atoms with Gasteiger partial charge in [0, 0.05) is 16.5 Å². The predicted octanol–water partition coefficient (Wildman–Crippen LogP) is 6.46. The molecule has 3 nitrogen and oxygen atoms in total. The van der Waals surface area contributed by atoms with Crippen LogP contribution in [0.2, 0.25) is 0 Å². The molecule has 0 aliphatic carbocycles. The zero-order valence-electron chi connectivity index (χ0n) is 15.6. The largest absolute Gasteiger partial charge is 0.478 e. The fourth-order valence-electron chi connectivity index (χ4n) is 3.23. The van der Waals surface area contributed by atoms with Crippen LogP contribution in [-0.2, 0) is 0 Å². The van der Waals surface area contributed by atoms with Crippen LogP contribution in [0.25, 0.3) is 33.0 Å². The van der Waals surface area contributed by atoms with Crippen molar-refractivity contribution in [3.05, 3.63) is 88.8 Å². The maximum Gasteiger partial charge on any atom is 0.336 e. The van der Waals surface area contributed by atoms with Gasteiger partial charge in [0.05, 0.1) is 11.3 Å². The Morgan fingerprint density at radius 2 is 1.61 bits per heavy atom. The number of benzene rings is 3. The Morgan fingerprint density at radius 1 is 0.893 bits per heavy atom. The Kier molecular flexibility index (Phi) is 4.80. The third-order valence-electron chi connectivity index (χ3n) is 4.78. The third kappa shape index (κ3) is 3.47. The van der Waals surface area contributed by atoms with Crippen LogP contribution in [-0.4, -0.2) is 16.1 Å². The number of hydrogen-bond donors (Lipinski definition) is 1. The van der Waals surface area contributed by atoms with Crippen molar-refractivity contribution < 1.29 is 9.90 Å². The summed E-state index contributed by atoms with van der Waals surface area (Å²) in [6.07, 6.45) is 0. The monoisotopic (exact) mass is 385 g/mol. The van der Waals surface area contributed by atoms with Gasteiger partial charge in [0.1, 0.15) is 5.01 Å². The lowest BCUT2D eigenvalue weighted by Gasteiger charge is -2.10. The van der Waals surface area contributed by atoms with Gasteiger partial charge in [-0.1, -0.05) is 66.2 Å². The summed E-state index contributed by atoms with van der Waals surface area (Å²) in [5, 5.41) is 12.6. The van der Waals surface area contributed by atoms with Crippen molar-refractivity contribution in [2.75, 3.05) is 0 Å². The highest BCUT2D eigenvalue weighted by Gasteiger charge is 2.16. The third-order valence-corrected chi connectivity index (χ3v) is 5.68. The van der Waals surface area contributed by atoms with E-state index in [0.29, 0.717) is 5.56 Å². The summed E-state index contributed by atoms with van der Waals surface area (Å²) in [5.74, 6) is -0.935. The van der Waals surface area contributed by atoms with Crippen LogP contribution < -0.4 is 0 Å². The van der Waals surface area contributed by atoms with E-state index < -0.39 is 5.97 Å². The summed E-state index contributed by atoms with van der Waals surface area (Å²) in [5.41, 5.74) is 6.99. The molecule has 3 aromatic carbocycles. The van der Waals surface area contributed by atoms with Crippen molar-refractivity contribution in [1.82, 2.24) is 4.98 Å². The zero-order chi connectivity index (χ0) is 19.7. The molecule has 4 aromatic rings. The molecular formula is C24H19NO2S. The van der Waals surface area contributed by atoms with Gasteiger partial charge in [0.25, 0.3) is 0 Å². The molecule has 0 unspecified atom stereocenters. The predicted molar refractivity (Wildman–Crippen MR) is 115 cm³/mol. The van der Waals surface area contributed by atoms with Gasteiger partial charge in [-0.2, -0.15) is 0 Å². The summed E-state index contributed by atoms with van der Waals surface area (Å²) in [7, 11) is 0. The molecule has 0 saturated heterocycles. The number of nitrogens with zero attached hydrogens (tertiary/aromatic N) is 1. The molecule has 0 atom stereocenters. The standard InChI is InChI=1S/C24H19NO2S/c1-15-7-9-17(10-8-15)22-14-28-23(25-22)18-11-12-20(21(13-18)24(26)27)19-6-4-3-5-16(19)2/h3-14H,1-2H3,(H,26,27). The minimum Gasteiger partial charge on any atom is -0.478 e. The molecule has 0 aliphatic heterocycles. The Balaban J connectivity index is 1.76. The van der Waals surface area contributed by atoms with E-state index in [2.05, 4.69) is 31.2 Å². The van der Waals surface area contributed by atoms with E-state index in [1.165, 1.54) is 16.9 Å². The second-order valence-corrected chi connectivity index (χ2v) is 7.64. The zero-order valence-corrected chi connectivity index (χ0v) is 16.5. The number of aromatic nitrogens is 1. The van der Waals surface area contributed by atoms with Gasteiger partial charge in [0.2, 0.25) is 0 Å². The molecule has 4 heteroatoms. The lowest BCUT2D eigenvalue weighted by Crippen LogP contribution is -2.01. The molecule has 0 aliphatic rings. The molecule has 0 bridgehead atoms. The van der Waals surface area contributed by atoms with Crippen molar-refractivity contribution in [3.63, 3.8) is 0 Å². The number of hydrogen-bond acceptors (Lipinski definition) is 3. The fraction of sp³-hybridized carbons (Fsp3) is 0.0833. The van der Waals surface area contributed by atoms with Crippen molar-refractivity contribution in [1.29, 1.82) is 0 Å². The first-order chi connectivity index (χ1) is 13.5. The van der Waals surface area contributed by atoms with E-state index in [9.17, 15) is 9.90 Å². The highest BCUT2D eigenvalue weighted by Crippen LogP contribution is 2.33. The summed E-state index contributed by atoms with van der Waals surface area (Å²) >= 11 is 1.52. The van der Waals surface area contributed by atoms with Crippen molar-refractivity contribution in [2.24, 2.45) is 0 Å². The van der Waals surface area contributed by atoms with Crippen molar-refractivity contribution in [2.45, 2.75) is 13.8 Å². The number of carbonyl (C=O) groups is 1. The van der Waals surface area contributed by atoms with Gasteiger partial charge in [-0.3, -0.25) is 0 Å². The summed E-state index contributed by atoms with van der Waals surface area (Å²) in [4.78, 5) is 16.7. The van der Waals surface area contributed by atoms with E-state index in [0.717, 1.165) is 38.5 Å². The Bertz CT molecular complexity index is 1160. The van der Waals surface area contributed by atoms with Crippen LogP contribution in [0.4, 0.5) is 0 Å². The lowest BCUT2D eigenvalue weighted by atomic mass is 9.94. The van der Waals surface area contributed by atoms with Crippen LogP contribution in [0.1, 0.15) is 21.5 Å². The van der Waals surface area contributed by atoms with Crippen LogP contribution in [0.15, 0.2) is 72.1 Å². The van der Waals surface area contributed by atoms with Gasteiger partial charge in [0.15, 0.2) is 0 Å². The number of thiazole rings is 1. The molecule has 1 heterocycles. The van der Waals surface area contributed by atoms with Crippen molar-refractivity contribution >= 4 is 17.3 Å². The van der Waals surface area contributed by atoms with Crippen molar-refractivity contribution in [3.8, 4) is 33.0 Å². The molecule has 0 spiro atoms. The molecule has 1 N–H and O–H groups in total. The Morgan fingerprint density at radius 3 is 2.32 bits per heavy atom. The Hall–Kier alpha value is -3.24. The second kappa shape index (κ2) is 7.41.